The summed E-state index contributed by atoms with van der Waals surface area (Å²) in [7, 11) is 0. The van der Waals surface area contributed by atoms with Crippen molar-refractivity contribution in [3.8, 4) is 11.1 Å². The average molecular weight is 433 g/mol. The topological polar surface area (TPSA) is 69.6 Å². The van der Waals surface area contributed by atoms with Gasteiger partial charge >= 0.3 is 5.97 Å². The largest absolute Gasteiger partial charge is 0.481 e. The molecule has 1 saturated heterocycles. The molecule has 0 radical (unpaired) electrons. The van der Waals surface area contributed by atoms with Crippen molar-refractivity contribution in [2.45, 2.75) is 63.3 Å². The maximum atomic E-state index is 12.9. The van der Waals surface area contributed by atoms with Crippen molar-refractivity contribution in [3.05, 3.63) is 53.6 Å². The molecule has 3 aliphatic rings. The second-order valence-corrected chi connectivity index (χ2v) is 9.67. The SMILES string of the molecule is O=C(O)C[C@H]1CC[C@H](c2ccc(-c3ccc4c(c3)CCN4C(=O)[C@@H]3CCCN3)cc2)CC1. The van der Waals surface area contributed by atoms with E-state index in [1.165, 1.54) is 22.3 Å². The van der Waals surface area contributed by atoms with Gasteiger partial charge in [-0.2, -0.15) is 0 Å². The Morgan fingerprint density at radius 1 is 0.969 bits per heavy atom. The second-order valence-electron chi connectivity index (χ2n) is 9.67. The fourth-order valence-electron chi connectivity index (χ4n) is 5.79. The number of fused-ring (bicyclic) bond motifs is 1. The zero-order valence-corrected chi connectivity index (χ0v) is 18.6. The van der Waals surface area contributed by atoms with Crippen molar-refractivity contribution in [1.82, 2.24) is 5.32 Å². The molecule has 5 rings (SSSR count). The van der Waals surface area contributed by atoms with Crippen LogP contribution in [0, 0.1) is 5.92 Å². The molecule has 2 heterocycles. The number of nitrogens with zero attached hydrogens (tertiary/aromatic N) is 1. The number of anilines is 1. The Labute approximate surface area is 189 Å². The predicted molar refractivity (Wildman–Crippen MR) is 126 cm³/mol. The fraction of sp³-hybridized carbons (Fsp3) is 0.481. The van der Waals surface area contributed by atoms with E-state index in [0.29, 0.717) is 18.3 Å². The lowest BCUT2D eigenvalue weighted by atomic mass is 9.77. The third-order valence-corrected chi connectivity index (χ3v) is 7.62. The maximum Gasteiger partial charge on any atom is 0.303 e. The number of carboxylic acid groups (broad SMARTS) is 1. The van der Waals surface area contributed by atoms with Gasteiger partial charge in [-0.1, -0.05) is 30.3 Å². The van der Waals surface area contributed by atoms with Gasteiger partial charge in [0.25, 0.3) is 0 Å². The highest BCUT2D eigenvalue weighted by atomic mass is 16.4. The molecule has 1 aliphatic carbocycles. The van der Waals surface area contributed by atoms with Crippen LogP contribution < -0.4 is 10.2 Å². The van der Waals surface area contributed by atoms with E-state index in [0.717, 1.165) is 63.7 Å². The van der Waals surface area contributed by atoms with Crippen molar-refractivity contribution in [3.63, 3.8) is 0 Å². The van der Waals surface area contributed by atoms with Crippen LogP contribution in [-0.2, 0) is 16.0 Å². The van der Waals surface area contributed by atoms with E-state index >= 15 is 0 Å². The number of hydrogen-bond acceptors (Lipinski definition) is 3. The number of carbonyl (C=O) groups excluding carboxylic acids is 1. The zero-order chi connectivity index (χ0) is 22.1. The van der Waals surface area contributed by atoms with E-state index in [2.05, 4.69) is 47.8 Å². The predicted octanol–water partition coefficient (Wildman–Crippen LogP) is 4.74. The number of benzene rings is 2. The number of hydrogen-bond donors (Lipinski definition) is 2. The summed E-state index contributed by atoms with van der Waals surface area (Å²) < 4.78 is 0. The normalized spacial score (nSPS) is 25.0. The number of aliphatic carboxylic acids is 1. The molecule has 2 aliphatic heterocycles. The van der Waals surface area contributed by atoms with Gasteiger partial charge in [-0.15, -0.1) is 0 Å². The highest BCUT2D eigenvalue weighted by molar-refractivity contribution is 5.99. The number of rotatable bonds is 5. The first kappa shape index (κ1) is 21.2. The highest BCUT2D eigenvalue weighted by Crippen LogP contribution is 2.38. The van der Waals surface area contributed by atoms with Crippen LogP contribution in [-0.4, -0.2) is 36.1 Å². The zero-order valence-electron chi connectivity index (χ0n) is 18.6. The molecule has 2 aromatic carbocycles. The van der Waals surface area contributed by atoms with Gasteiger partial charge in [0.15, 0.2) is 0 Å². The smallest absolute Gasteiger partial charge is 0.303 e. The van der Waals surface area contributed by atoms with Crippen LogP contribution in [0.4, 0.5) is 5.69 Å². The van der Waals surface area contributed by atoms with E-state index in [4.69, 9.17) is 5.11 Å². The summed E-state index contributed by atoms with van der Waals surface area (Å²) in [5, 5.41) is 12.3. The molecule has 2 N–H and O–H groups in total. The molecule has 0 bridgehead atoms. The molecular weight excluding hydrogens is 400 g/mol. The van der Waals surface area contributed by atoms with Gasteiger partial charge in [0.1, 0.15) is 0 Å². The van der Waals surface area contributed by atoms with Gasteiger partial charge in [-0.3, -0.25) is 9.59 Å². The first-order valence-corrected chi connectivity index (χ1v) is 12.1. The van der Waals surface area contributed by atoms with Crippen LogP contribution in [0.15, 0.2) is 42.5 Å². The Bertz CT molecular complexity index is 986. The Balaban J connectivity index is 1.25. The van der Waals surface area contributed by atoms with E-state index < -0.39 is 5.97 Å². The molecule has 5 nitrogen and oxygen atoms in total. The number of carboxylic acids is 1. The lowest BCUT2D eigenvalue weighted by Gasteiger charge is -2.28. The summed E-state index contributed by atoms with van der Waals surface area (Å²) in [5.74, 6) is 0.425. The summed E-state index contributed by atoms with van der Waals surface area (Å²) in [5.41, 5.74) is 6.11. The molecule has 1 atom stereocenters. The summed E-state index contributed by atoms with van der Waals surface area (Å²) >= 11 is 0. The molecule has 1 amide bonds. The standard InChI is InChI=1S/C27H32N2O3/c30-26(31)16-18-3-5-19(6-4-18)20-7-9-21(10-8-20)22-11-12-25-23(17-22)13-15-29(25)27(32)24-2-1-14-28-24/h7-12,17-19,24,28H,1-6,13-16H2,(H,30,31)/t18-,19-,24-/m0/s1. The van der Waals surface area contributed by atoms with Crippen molar-refractivity contribution in [1.29, 1.82) is 0 Å². The van der Waals surface area contributed by atoms with Crippen LogP contribution >= 0.6 is 0 Å². The first-order chi connectivity index (χ1) is 15.6. The molecular formula is C27H32N2O3. The average Bonchev–Trinajstić information content (AvgIpc) is 3.49. The molecule has 2 fully saturated rings. The van der Waals surface area contributed by atoms with Crippen molar-refractivity contribution in [2.24, 2.45) is 5.92 Å². The minimum atomic E-state index is -0.671. The van der Waals surface area contributed by atoms with Gasteiger partial charge in [-0.05, 0) is 97.7 Å². The van der Waals surface area contributed by atoms with Crippen LogP contribution in [0.2, 0.25) is 0 Å². The van der Waals surface area contributed by atoms with Gasteiger partial charge in [0.2, 0.25) is 5.91 Å². The minimum Gasteiger partial charge on any atom is -0.481 e. The quantitative estimate of drug-likeness (QED) is 0.716. The monoisotopic (exact) mass is 432 g/mol. The first-order valence-electron chi connectivity index (χ1n) is 12.1. The molecule has 1 saturated carbocycles. The lowest BCUT2D eigenvalue weighted by molar-refractivity contribution is -0.138. The molecule has 0 aromatic heterocycles. The number of amides is 1. The lowest BCUT2D eigenvalue weighted by Crippen LogP contribution is -2.42. The van der Waals surface area contributed by atoms with Crippen molar-refractivity contribution < 1.29 is 14.7 Å². The third-order valence-electron chi connectivity index (χ3n) is 7.62. The van der Waals surface area contributed by atoms with Crippen LogP contribution in [0.1, 0.15) is 62.0 Å². The van der Waals surface area contributed by atoms with Crippen LogP contribution in [0.25, 0.3) is 11.1 Å². The van der Waals surface area contributed by atoms with Crippen molar-refractivity contribution >= 4 is 17.6 Å². The summed E-state index contributed by atoms with van der Waals surface area (Å²) in [4.78, 5) is 25.8. The van der Waals surface area contributed by atoms with Gasteiger partial charge < -0.3 is 15.3 Å². The Morgan fingerprint density at radius 3 is 2.41 bits per heavy atom. The van der Waals surface area contributed by atoms with Crippen LogP contribution in [0.5, 0.6) is 0 Å². The number of nitrogens with one attached hydrogen (secondary N) is 1. The Hall–Kier alpha value is -2.66. The van der Waals surface area contributed by atoms with Gasteiger partial charge in [-0.25, -0.2) is 0 Å². The molecule has 168 valence electrons. The van der Waals surface area contributed by atoms with E-state index in [-0.39, 0.29) is 11.9 Å². The van der Waals surface area contributed by atoms with E-state index in [9.17, 15) is 9.59 Å². The van der Waals surface area contributed by atoms with Crippen molar-refractivity contribution in [2.75, 3.05) is 18.0 Å². The summed E-state index contributed by atoms with van der Waals surface area (Å²) in [6, 6.07) is 15.4. The summed E-state index contributed by atoms with van der Waals surface area (Å²) in [6.45, 7) is 1.72. The van der Waals surface area contributed by atoms with Gasteiger partial charge in [0, 0.05) is 18.7 Å². The Kier molecular flexibility index (Phi) is 6.01. The van der Waals surface area contributed by atoms with E-state index in [1.807, 2.05) is 4.90 Å². The second kappa shape index (κ2) is 9.07. The van der Waals surface area contributed by atoms with Crippen LogP contribution in [0.3, 0.4) is 0 Å². The summed E-state index contributed by atoms with van der Waals surface area (Å²) in [6.07, 6.45) is 7.42. The maximum absolute atomic E-state index is 12.9. The fourth-order valence-corrected chi connectivity index (χ4v) is 5.79. The molecule has 0 spiro atoms. The minimum absolute atomic E-state index is 0.0210. The molecule has 0 unspecified atom stereocenters. The number of carbonyl (C=O) groups is 2. The molecule has 2 aromatic rings. The molecule has 32 heavy (non-hydrogen) atoms. The molecule has 5 heteroatoms. The van der Waals surface area contributed by atoms with E-state index in [1.54, 1.807) is 0 Å². The Morgan fingerprint density at radius 2 is 1.72 bits per heavy atom. The third kappa shape index (κ3) is 4.31. The van der Waals surface area contributed by atoms with Gasteiger partial charge in [0.05, 0.1) is 6.04 Å². The highest BCUT2D eigenvalue weighted by Gasteiger charge is 2.31.